The van der Waals surface area contributed by atoms with Crippen molar-refractivity contribution in [3.63, 3.8) is 0 Å². The van der Waals surface area contributed by atoms with E-state index in [4.69, 9.17) is 4.74 Å². The molecule has 0 heterocycles. The second kappa shape index (κ2) is 6.18. The van der Waals surface area contributed by atoms with Crippen molar-refractivity contribution >= 4 is 0 Å². The zero-order chi connectivity index (χ0) is 12.9. The molecule has 0 bridgehead atoms. The van der Waals surface area contributed by atoms with Crippen molar-refractivity contribution in [2.45, 2.75) is 45.6 Å². The topological polar surface area (TPSA) is 29.5 Å². The summed E-state index contributed by atoms with van der Waals surface area (Å²) in [7, 11) is 0. The molecular formula is C15H24O2. The highest BCUT2D eigenvalue weighted by atomic mass is 16.5. The molecule has 96 valence electrons. The van der Waals surface area contributed by atoms with E-state index in [0.717, 1.165) is 5.56 Å². The number of aliphatic hydroxyl groups is 1. The van der Waals surface area contributed by atoms with E-state index >= 15 is 0 Å². The second-order valence-electron chi connectivity index (χ2n) is 5.46. The zero-order valence-electron chi connectivity index (χ0n) is 11.4. The van der Waals surface area contributed by atoms with Crippen LogP contribution < -0.4 is 0 Å². The third kappa shape index (κ3) is 4.88. The van der Waals surface area contributed by atoms with Gasteiger partial charge in [-0.3, -0.25) is 0 Å². The highest BCUT2D eigenvalue weighted by Gasteiger charge is 2.13. The van der Waals surface area contributed by atoms with Gasteiger partial charge in [0.2, 0.25) is 0 Å². The highest BCUT2D eigenvalue weighted by Crippen LogP contribution is 2.22. The first kappa shape index (κ1) is 14.2. The minimum atomic E-state index is -0.407. The summed E-state index contributed by atoms with van der Waals surface area (Å²) < 4.78 is 5.20. The first-order valence-corrected chi connectivity index (χ1v) is 6.28. The summed E-state index contributed by atoms with van der Waals surface area (Å²) in [6.45, 7) is 9.60. The lowest BCUT2D eigenvalue weighted by Crippen LogP contribution is -2.18. The third-order valence-electron chi connectivity index (χ3n) is 2.81. The minimum absolute atomic E-state index is 0.183. The largest absolute Gasteiger partial charge is 0.390 e. The Morgan fingerprint density at radius 1 is 1.18 bits per heavy atom. The zero-order valence-corrected chi connectivity index (χ0v) is 11.4. The molecule has 1 unspecified atom stereocenters. The van der Waals surface area contributed by atoms with Crippen molar-refractivity contribution in [3.05, 3.63) is 35.4 Å². The van der Waals surface area contributed by atoms with Crippen LogP contribution in [0.3, 0.4) is 0 Å². The average molecular weight is 236 g/mol. The SMILES string of the molecule is CCOCC(O)Cc1ccc(C(C)(C)C)cc1. The van der Waals surface area contributed by atoms with Gasteiger partial charge in [0.25, 0.3) is 0 Å². The molecule has 1 aromatic rings. The number of ether oxygens (including phenoxy) is 1. The van der Waals surface area contributed by atoms with E-state index in [1.807, 2.05) is 6.92 Å². The van der Waals surface area contributed by atoms with E-state index < -0.39 is 6.10 Å². The van der Waals surface area contributed by atoms with Gasteiger partial charge in [0.05, 0.1) is 12.7 Å². The molecule has 0 fully saturated rings. The Labute approximate surface area is 105 Å². The summed E-state index contributed by atoms with van der Waals surface area (Å²) in [5.41, 5.74) is 2.66. The molecule has 1 rings (SSSR count). The molecule has 0 aromatic heterocycles. The molecule has 1 atom stereocenters. The number of rotatable bonds is 5. The molecule has 0 aliphatic heterocycles. The maximum absolute atomic E-state index is 9.74. The van der Waals surface area contributed by atoms with Gasteiger partial charge >= 0.3 is 0 Å². The number of hydrogen-bond acceptors (Lipinski definition) is 2. The first-order chi connectivity index (χ1) is 7.93. The molecular weight excluding hydrogens is 212 g/mol. The average Bonchev–Trinajstić information content (AvgIpc) is 2.26. The molecule has 1 N–H and O–H groups in total. The van der Waals surface area contributed by atoms with E-state index in [9.17, 15) is 5.11 Å². The van der Waals surface area contributed by atoms with Crippen LogP contribution in [0.5, 0.6) is 0 Å². The van der Waals surface area contributed by atoms with Gasteiger partial charge in [0.1, 0.15) is 0 Å². The van der Waals surface area contributed by atoms with Gasteiger partial charge < -0.3 is 9.84 Å². The molecule has 17 heavy (non-hydrogen) atoms. The Morgan fingerprint density at radius 2 is 1.76 bits per heavy atom. The molecule has 0 saturated carbocycles. The number of benzene rings is 1. The summed E-state index contributed by atoms with van der Waals surface area (Å²) in [6.07, 6.45) is 0.250. The van der Waals surface area contributed by atoms with Gasteiger partial charge in [-0.1, -0.05) is 45.0 Å². The fourth-order valence-electron chi connectivity index (χ4n) is 1.73. The smallest absolute Gasteiger partial charge is 0.0813 e. The van der Waals surface area contributed by atoms with Crippen LogP contribution in [0.4, 0.5) is 0 Å². The van der Waals surface area contributed by atoms with Crippen molar-refractivity contribution in [3.8, 4) is 0 Å². The quantitative estimate of drug-likeness (QED) is 0.851. The standard InChI is InChI=1S/C15H24O2/c1-5-17-11-14(16)10-12-6-8-13(9-7-12)15(2,3)4/h6-9,14,16H,5,10-11H2,1-4H3. The highest BCUT2D eigenvalue weighted by molar-refractivity contribution is 5.27. The van der Waals surface area contributed by atoms with Crippen molar-refractivity contribution < 1.29 is 9.84 Å². The van der Waals surface area contributed by atoms with Crippen LogP contribution in [-0.4, -0.2) is 24.4 Å². The third-order valence-corrected chi connectivity index (χ3v) is 2.81. The van der Waals surface area contributed by atoms with Crippen molar-refractivity contribution in [1.29, 1.82) is 0 Å². The van der Waals surface area contributed by atoms with Crippen LogP contribution in [-0.2, 0) is 16.6 Å². The Balaban J connectivity index is 2.56. The molecule has 0 radical (unpaired) electrons. The van der Waals surface area contributed by atoms with Crippen LogP contribution in [0.15, 0.2) is 24.3 Å². The van der Waals surface area contributed by atoms with E-state index in [0.29, 0.717) is 19.6 Å². The normalized spacial score (nSPS) is 13.7. The minimum Gasteiger partial charge on any atom is -0.390 e. The molecule has 1 aromatic carbocycles. The van der Waals surface area contributed by atoms with E-state index in [2.05, 4.69) is 45.0 Å². The van der Waals surface area contributed by atoms with Crippen molar-refractivity contribution in [2.24, 2.45) is 0 Å². The lowest BCUT2D eigenvalue weighted by atomic mass is 9.86. The molecule has 2 heteroatoms. The van der Waals surface area contributed by atoms with Crippen LogP contribution in [0.2, 0.25) is 0 Å². The van der Waals surface area contributed by atoms with Crippen LogP contribution in [0.1, 0.15) is 38.8 Å². The molecule has 0 aliphatic carbocycles. The van der Waals surface area contributed by atoms with Crippen LogP contribution in [0.25, 0.3) is 0 Å². The van der Waals surface area contributed by atoms with E-state index in [1.165, 1.54) is 5.56 Å². The van der Waals surface area contributed by atoms with Gasteiger partial charge in [0, 0.05) is 13.0 Å². The predicted molar refractivity (Wildman–Crippen MR) is 71.3 cm³/mol. The van der Waals surface area contributed by atoms with Crippen LogP contribution >= 0.6 is 0 Å². The van der Waals surface area contributed by atoms with Crippen molar-refractivity contribution in [2.75, 3.05) is 13.2 Å². The molecule has 0 spiro atoms. The summed E-state index contributed by atoms with van der Waals surface area (Å²) >= 11 is 0. The van der Waals surface area contributed by atoms with Gasteiger partial charge in [-0.15, -0.1) is 0 Å². The summed E-state index contributed by atoms with van der Waals surface area (Å²) in [6, 6.07) is 8.47. The van der Waals surface area contributed by atoms with E-state index in [1.54, 1.807) is 0 Å². The molecule has 2 nitrogen and oxygen atoms in total. The number of aliphatic hydroxyl groups excluding tert-OH is 1. The van der Waals surface area contributed by atoms with E-state index in [-0.39, 0.29) is 5.41 Å². The summed E-state index contributed by atoms with van der Waals surface area (Å²) in [5.74, 6) is 0. The number of hydrogen-bond donors (Lipinski definition) is 1. The molecule has 0 amide bonds. The first-order valence-electron chi connectivity index (χ1n) is 6.28. The van der Waals surface area contributed by atoms with Gasteiger partial charge in [-0.05, 0) is 23.5 Å². The van der Waals surface area contributed by atoms with Gasteiger partial charge in [-0.25, -0.2) is 0 Å². The summed E-state index contributed by atoms with van der Waals surface area (Å²) in [4.78, 5) is 0. The Morgan fingerprint density at radius 3 is 2.24 bits per heavy atom. The maximum atomic E-state index is 9.74. The van der Waals surface area contributed by atoms with Gasteiger partial charge in [0.15, 0.2) is 0 Å². The monoisotopic (exact) mass is 236 g/mol. The lowest BCUT2D eigenvalue weighted by molar-refractivity contribution is 0.0430. The second-order valence-corrected chi connectivity index (χ2v) is 5.46. The predicted octanol–water partition coefficient (Wildman–Crippen LogP) is 2.92. The van der Waals surface area contributed by atoms with Gasteiger partial charge in [-0.2, -0.15) is 0 Å². The Bertz CT molecular complexity index is 322. The fourth-order valence-corrected chi connectivity index (χ4v) is 1.73. The Kier molecular flexibility index (Phi) is 5.16. The summed E-state index contributed by atoms with van der Waals surface area (Å²) in [5, 5.41) is 9.74. The lowest BCUT2D eigenvalue weighted by Gasteiger charge is -2.19. The molecule has 0 aliphatic rings. The van der Waals surface area contributed by atoms with Crippen LogP contribution in [0, 0.1) is 0 Å². The fraction of sp³-hybridized carbons (Fsp3) is 0.600. The maximum Gasteiger partial charge on any atom is 0.0813 e. The molecule has 0 saturated heterocycles. The Hall–Kier alpha value is -0.860. The van der Waals surface area contributed by atoms with Crippen molar-refractivity contribution in [1.82, 2.24) is 0 Å².